The van der Waals surface area contributed by atoms with Crippen LogP contribution in [0, 0.1) is 0 Å². The van der Waals surface area contributed by atoms with Gasteiger partial charge in [-0.2, -0.15) is 0 Å². The molecule has 1 aromatic rings. The highest BCUT2D eigenvalue weighted by Gasteiger charge is 2.37. The molecule has 0 atom stereocenters. The number of hydrogen-bond acceptors (Lipinski definition) is 3. The maximum atomic E-state index is 12.2. The number of piperazine rings is 1. The van der Waals surface area contributed by atoms with Crippen LogP contribution in [0.5, 0.6) is 0 Å². The molecule has 20 heavy (non-hydrogen) atoms. The average Bonchev–Trinajstić information content (AvgIpc) is 3.17. The first-order chi connectivity index (χ1) is 9.65. The summed E-state index contributed by atoms with van der Waals surface area (Å²) in [5.74, 6) is 0.234. The Hall–Kier alpha value is -1.39. The number of nitrogens with two attached hydrogens (primary N) is 1. The van der Waals surface area contributed by atoms with Crippen LogP contribution in [0.3, 0.4) is 0 Å². The second kappa shape index (κ2) is 5.54. The molecule has 3 rings (SSSR count). The number of amides is 1. The predicted octanol–water partition coefficient (Wildman–Crippen LogP) is 0.695. The van der Waals surface area contributed by atoms with Gasteiger partial charge in [-0.15, -0.1) is 0 Å². The Balaban J connectivity index is 1.61. The van der Waals surface area contributed by atoms with E-state index in [4.69, 9.17) is 5.73 Å². The van der Waals surface area contributed by atoms with Crippen LogP contribution >= 0.6 is 0 Å². The molecule has 1 aliphatic carbocycles. The molecular weight excluding hydrogens is 250 g/mol. The van der Waals surface area contributed by atoms with Gasteiger partial charge in [-0.3, -0.25) is 4.79 Å². The molecule has 2 fully saturated rings. The van der Waals surface area contributed by atoms with E-state index in [0.717, 1.165) is 51.0 Å². The lowest BCUT2D eigenvalue weighted by molar-refractivity contribution is -0.131. The monoisotopic (exact) mass is 273 g/mol. The van der Waals surface area contributed by atoms with Crippen molar-refractivity contribution in [3.05, 3.63) is 35.4 Å². The Morgan fingerprint density at radius 1 is 1.25 bits per heavy atom. The number of hydrogen-bond donors (Lipinski definition) is 2. The van der Waals surface area contributed by atoms with Crippen molar-refractivity contribution in [2.24, 2.45) is 5.73 Å². The minimum Gasteiger partial charge on any atom is -0.340 e. The Bertz CT molecular complexity index is 490. The highest BCUT2D eigenvalue weighted by Crippen LogP contribution is 2.35. The van der Waals surface area contributed by atoms with Gasteiger partial charge in [0.1, 0.15) is 0 Å². The minimum atomic E-state index is 0.0289. The first-order valence-electron chi connectivity index (χ1n) is 7.50. The third-order valence-electron chi connectivity index (χ3n) is 4.26. The predicted molar refractivity (Wildman–Crippen MR) is 79.5 cm³/mol. The van der Waals surface area contributed by atoms with Crippen molar-refractivity contribution < 1.29 is 4.79 Å². The minimum absolute atomic E-state index is 0.0289. The van der Waals surface area contributed by atoms with Crippen molar-refractivity contribution in [2.75, 3.05) is 26.2 Å². The van der Waals surface area contributed by atoms with Gasteiger partial charge in [-0.25, -0.2) is 0 Å². The Kier molecular flexibility index (Phi) is 3.76. The molecule has 2 aliphatic rings. The summed E-state index contributed by atoms with van der Waals surface area (Å²) in [6, 6.07) is 8.35. The topological polar surface area (TPSA) is 58.4 Å². The van der Waals surface area contributed by atoms with Crippen LogP contribution in [-0.4, -0.2) is 42.5 Å². The molecule has 1 aromatic carbocycles. The lowest BCUT2D eigenvalue weighted by atomic mass is 10.0. The van der Waals surface area contributed by atoms with Gasteiger partial charge in [-0.1, -0.05) is 24.3 Å². The van der Waals surface area contributed by atoms with Crippen LogP contribution < -0.4 is 11.1 Å². The van der Waals surface area contributed by atoms with E-state index in [2.05, 4.69) is 17.4 Å². The van der Waals surface area contributed by atoms with Gasteiger partial charge in [0, 0.05) is 31.7 Å². The number of nitrogens with zero attached hydrogens (tertiary/aromatic N) is 1. The molecule has 0 aromatic heterocycles. The zero-order valence-electron chi connectivity index (χ0n) is 11.9. The lowest BCUT2D eigenvalue weighted by Crippen LogP contribution is -2.46. The molecule has 1 heterocycles. The lowest BCUT2D eigenvalue weighted by Gasteiger charge is -2.27. The zero-order valence-corrected chi connectivity index (χ0v) is 11.9. The summed E-state index contributed by atoms with van der Waals surface area (Å²) < 4.78 is 0. The largest absolute Gasteiger partial charge is 0.340 e. The van der Waals surface area contributed by atoms with E-state index < -0.39 is 0 Å². The molecule has 0 spiro atoms. The summed E-state index contributed by atoms with van der Waals surface area (Å²) in [7, 11) is 0. The highest BCUT2D eigenvalue weighted by molar-refractivity contribution is 5.79. The fourth-order valence-electron chi connectivity index (χ4n) is 2.79. The highest BCUT2D eigenvalue weighted by atomic mass is 16.2. The van der Waals surface area contributed by atoms with Gasteiger partial charge >= 0.3 is 0 Å². The molecule has 1 saturated carbocycles. The molecule has 0 bridgehead atoms. The second-order valence-electron chi connectivity index (χ2n) is 6.17. The third kappa shape index (κ3) is 3.38. The van der Waals surface area contributed by atoms with Gasteiger partial charge in [0.25, 0.3) is 0 Å². The number of carbonyl (C=O) groups is 1. The summed E-state index contributed by atoms with van der Waals surface area (Å²) >= 11 is 0. The molecular formula is C16H23N3O. The number of rotatable bonds is 4. The van der Waals surface area contributed by atoms with Crippen molar-refractivity contribution in [1.29, 1.82) is 0 Å². The van der Waals surface area contributed by atoms with E-state index in [1.807, 2.05) is 17.0 Å². The van der Waals surface area contributed by atoms with Crippen LogP contribution in [0.1, 0.15) is 24.0 Å². The van der Waals surface area contributed by atoms with Gasteiger partial charge in [0.05, 0.1) is 6.42 Å². The van der Waals surface area contributed by atoms with Crippen molar-refractivity contribution >= 4 is 5.91 Å². The summed E-state index contributed by atoms with van der Waals surface area (Å²) in [5, 5.41) is 3.27. The van der Waals surface area contributed by atoms with Crippen LogP contribution in [-0.2, 0) is 17.6 Å². The third-order valence-corrected chi connectivity index (χ3v) is 4.26. The normalized spacial score (nSPS) is 20.8. The number of nitrogens with one attached hydrogen (secondary N) is 1. The smallest absolute Gasteiger partial charge is 0.227 e. The number of benzene rings is 1. The van der Waals surface area contributed by atoms with E-state index >= 15 is 0 Å². The summed E-state index contributed by atoms with van der Waals surface area (Å²) in [6.07, 6.45) is 3.68. The SMILES string of the molecule is NC1(Cc2cccc(CC(=O)N3CCNCC3)c2)CC1. The van der Waals surface area contributed by atoms with E-state index in [1.54, 1.807) is 0 Å². The molecule has 3 N–H and O–H groups in total. The van der Waals surface area contributed by atoms with Gasteiger partial charge in [0.2, 0.25) is 5.91 Å². The second-order valence-corrected chi connectivity index (χ2v) is 6.17. The molecule has 1 aliphatic heterocycles. The van der Waals surface area contributed by atoms with E-state index in [0.29, 0.717) is 6.42 Å². The molecule has 0 unspecified atom stereocenters. The molecule has 108 valence electrons. The van der Waals surface area contributed by atoms with Crippen LogP contribution in [0.2, 0.25) is 0 Å². The fourth-order valence-corrected chi connectivity index (χ4v) is 2.79. The fraction of sp³-hybridized carbons (Fsp3) is 0.562. The van der Waals surface area contributed by atoms with E-state index in [-0.39, 0.29) is 11.4 Å². The van der Waals surface area contributed by atoms with E-state index in [1.165, 1.54) is 5.56 Å². The number of carbonyl (C=O) groups excluding carboxylic acids is 1. The first kappa shape index (κ1) is 13.6. The summed E-state index contributed by atoms with van der Waals surface area (Å²) in [4.78, 5) is 14.2. The molecule has 0 radical (unpaired) electrons. The van der Waals surface area contributed by atoms with Crippen molar-refractivity contribution in [1.82, 2.24) is 10.2 Å². The van der Waals surface area contributed by atoms with Crippen LogP contribution in [0.15, 0.2) is 24.3 Å². The molecule has 4 heteroatoms. The standard InChI is InChI=1S/C16H23N3O/c17-16(4-5-16)12-14-3-1-2-13(10-14)11-15(20)19-8-6-18-7-9-19/h1-3,10,18H,4-9,11-12,17H2. The molecule has 1 amide bonds. The van der Waals surface area contributed by atoms with Crippen molar-refractivity contribution in [2.45, 2.75) is 31.2 Å². The van der Waals surface area contributed by atoms with Crippen LogP contribution in [0.25, 0.3) is 0 Å². The Morgan fingerprint density at radius 3 is 2.65 bits per heavy atom. The first-order valence-corrected chi connectivity index (χ1v) is 7.50. The quantitative estimate of drug-likeness (QED) is 0.849. The summed E-state index contributed by atoms with van der Waals surface area (Å²) in [6.45, 7) is 3.46. The zero-order chi connectivity index (χ0) is 14.0. The Morgan fingerprint density at radius 2 is 1.95 bits per heavy atom. The Labute approximate surface area is 120 Å². The maximum absolute atomic E-state index is 12.2. The van der Waals surface area contributed by atoms with Gasteiger partial charge in [0.15, 0.2) is 0 Å². The maximum Gasteiger partial charge on any atom is 0.227 e. The van der Waals surface area contributed by atoms with Crippen molar-refractivity contribution in [3.63, 3.8) is 0 Å². The van der Waals surface area contributed by atoms with Crippen LogP contribution in [0.4, 0.5) is 0 Å². The molecule has 1 saturated heterocycles. The van der Waals surface area contributed by atoms with Crippen molar-refractivity contribution in [3.8, 4) is 0 Å². The molecule has 4 nitrogen and oxygen atoms in total. The van der Waals surface area contributed by atoms with Gasteiger partial charge < -0.3 is 16.0 Å². The van der Waals surface area contributed by atoms with E-state index in [9.17, 15) is 4.79 Å². The summed E-state index contributed by atoms with van der Waals surface area (Å²) in [5.41, 5.74) is 8.56. The van der Waals surface area contributed by atoms with Gasteiger partial charge in [-0.05, 0) is 30.4 Å². The average molecular weight is 273 g/mol.